The molecule has 2 heterocycles. The van der Waals surface area contributed by atoms with Crippen molar-refractivity contribution in [2.45, 2.75) is 57.0 Å². The summed E-state index contributed by atoms with van der Waals surface area (Å²) in [5, 5.41) is 1.21. The Labute approximate surface area is 466 Å². The molecular weight excluding hydrogens is 1070 g/mol. The van der Waals surface area contributed by atoms with Crippen molar-refractivity contribution >= 4 is 41.5 Å². The molecule has 1 unspecified atom stereocenters. The van der Waals surface area contributed by atoms with Gasteiger partial charge in [0.25, 0.3) is 10.1 Å². The van der Waals surface area contributed by atoms with Gasteiger partial charge in [-0.1, -0.05) is 44.2 Å². The first-order valence-corrected chi connectivity index (χ1v) is 29.0. The summed E-state index contributed by atoms with van der Waals surface area (Å²) in [5.41, 5.74) is 4.98. The van der Waals surface area contributed by atoms with Crippen LogP contribution in [-0.2, 0) is 49.4 Å². The lowest BCUT2D eigenvalue weighted by Crippen LogP contribution is -2.18. The molecule has 404 valence electrons. The normalized spacial score (nSPS) is 12.1. The van der Waals surface area contributed by atoms with Gasteiger partial charge in [-0.05, 0) is 203 Å². The van der Waals surface area contributed by atoms with Crippen LogP contribution in [-0.4, -0.2) is 49.8 Å². The molecule has 10 aromatic rings. The van der Waals surface area contributed by atoms with Crippen LogP contribution in [0.4, 0.5) is 0 Å². The average molecular weight is 1130 g/mol. The second-order valence-corrected chi connectivity index (χ2v) is 23.7. The Morgan fingerprint density at radius 3 is 1.36 bits per heavy atom. The molecule has 2 aromatic heterocycles. The number of aromatic nitrogens is 2. The van der Waals surface area contributed by atoms with E-state index in [-0.39, 0.29) is 39.1 Å². The number of sulfone groups is 1. The minimum Gasteiger partial charge on any atom is -0.497 e. The summed E-state index contributed by atoms with van der Waals surface area (Å²) >= 11 is 0. The van der Waals surface area contributed by atoms with Crippen molar-refractivity contribution in [2.24, 2.45) is 0 Å². The van der Waals surface area contributed by atoms with E-state index in [0.29, 0.717) is 66.4 Å². The van der Waals surface area contributed by atoms with Gasteiger partial charge in [0.05, 0.1) is 46.2 Å². The summed E-state index contributed by atoms with van der Waals surface area (Å²) in [5.74, 6) is 4.01. The molecule has 0 radical (unpaired) electrons. The second kappa shape index (κ2) is 23.2. The molecule has 0 saturated heterocycles. The monoisotopic (exact) mass is 1120 g/mol. The number of pyridine rings is 2. The molecule has 0 aliphatic heterocycles. The number of hydrogen-bond acceptors (Lipinski definition) is 13. The molecule has 1 N–H and O–H groups in total. The summed E-state index contributed by atoms with van der Waals surface area (Å²) in [6, 6.07) is 57.9. The fourth-order valence-electron chi connectivity index (χ4n) is 8.75. The Balaban J connectivity index is 0.695. The Bertz CT molecular complexity index is 4090. The molecule has 1 atom stereocenters. The third kappa shape index (κ3) is 12.5. The van der Waals surface area contributed by atoms with Gasteiger partial charge >= 0.3 is 0 Å². The quantitative estimate of drug-likeness (QED) is 0.0710. The van der Waals surface area contributed by atoms with E-state index in [1.165, 1.54) is 43.5 Å². The number of benzene rings is 8. The van der Waals surface area contributed by atoms with E-state index < -0.39 is 30.8 Å². The molecule has 17 heteroatoms. The van der Waals surface area contributed by atoms with Crippen molar-refractivity contribution in [3.63, 3.8) is 0 Å². The zero-order valence-corrected chi connectivity index (χ0v) is 46.1. The smallest absolute Gasteiger partial charge is 0.298 e. The number of hydrogen-bond donors (Lipinski definition) is 1. The lowest BCUT2D eigenvalue weighted by molar-refractivity contribution is 0.305. The van der Waals surface area contributed by atoms with Crippen molar-refractivity contribution in [1.29, 1.82) is 0 Å². The van der Waals surface area contributed by atoms with E-state index in [1.54, 1.807) is 110 Å². The summed E-state index contributed by atoms with van der Waals surface area (Å²) < 4.78 is 109. The maximum Gasteiger partial charge on any atom is 0.298 e. The van der Waals surface area contributed by atoms with E-state index in [0.717, 1.165) is 28.0 Å². The second-order valence-electron chi connectivity index (χ2n) is 18.9. The fraction of sp³-hybridized carbons (Fsp3) is 0.111. The van der Waals surface area contributed by atoms with Crippen LogP contribution < -0.4 is 28.4 Å². The highest BCUT2D eigenvalue weighted by Gasteiger charge is 2.24. The summed E-state index contributed by atoms with van der Waals surface area (Å²) in [6.45, 7) is 4.77. The molecule has 0 bridgehead atoms. The number of fused-ring (bicyclic) bond motifs is 1. The van der Waals surface area contributed by atoms with E-state index in [2.05, 4.69) is 35.9 Å². The third-order valence-corrected chi connectivity index (χ3v) is 17.4. The van der Waals surface area contributed by atoms with Crippen molar-refractivity contribution in [1.82, 2.24) is 9.97 Å². The summed E-state index contributed by atoms with van der Waals surface area (Å²) in [6.07, 6.45) is 3.37. The Hall–Kier alpha value is -8.87. The predicted octanol–water partition coefficient (Wildman–Crippen LogP) is 13.6. The molecule has 0 fully saturated rings. The lowest BCUT2D eigenvalue weighted by Gasteiger charge is -2.26. The van der Waals surface area contributed by atoms with Crippen LogP contribution in [0.15, 0.2) is 237 Å². The van der Waals surface area contributed by atoms with E-state index in [1.807, 2.05) is 60.7 Å². The Kier molecular flexibility index (Phi) is 15.8. The third-order valence-electron chi connectivity index (χ3n) is 13.3. The van der Waals surface area contributed by atoms with Crippen molar-refractivity contribution in [3.8, 4) is 57.4 Å². The molecule has 80 heavy (non-hydrogen) atoms. The number of rotatable bonds is 20. The molecule has 14 nitrogen and oxygen atoms in total. The van der Waals surface area contributed by atoms with Crippen LogP contribution in [0.25, 0.3) is 22.2 Å². The zero-order chi connectivity index (χ0) is 56.0. The van der Waals surface area contributed by atoms with Gasteiger partial charge in [0.2, 0.25) is 9.84 Å². The first-order valence-electron chi connectivity index (χ1n) is 25.0. The van der Waals surface area contributed by atoms with E-state index in [9.17, 15) is 25.6 Å². The van der Waals surface area contributed by atoms with Crippen molar-refractivity contribution < 1.29 is 54.0 Å². The van der Waals surface area contributed by atoms with Crippen LogP contribution in [0, 0.1) is 0 Å². The molecule has 0 saturated carbocycles. The van der Waals surface area contributed by atoms with Crippen molar-refractivity contribution in [3.05, 3.63) is 235 Å². The minimum atomic E-state index is -4.48. The molecule has 8 aromatic carbocycles. The van der Waals surface area contributed by atoms with Gasteiger partial charge in [-0.15, -0.1) is 0 Å². The Morgan fingerprint density at radius 1 is 0.463 bits per heavy atom. The molecule has 0 spiro atoms. The van der Waals surface area contributed by atoms with Gasteiger partial charge in [0.15, 0.2) is 0 Å². The summed E-state index contributed by atoms with van der Waals surface area (Å²) in [7, 11) is -6.83. The number of methoxy groups -OCH3 is 2. The predicted molar refractivity (Wildman–Crippen MR) is 304 cm³/mol. The molecular formula is C63H52N2O12S3. The first kappa shape index (κ1) is 54.5. The number of nitrogens with zero attached hydrogens (tertiary/aromatic N) is 2. The standard InChI is InChI=1S/C63H52N2O12S3/c1-63(2,46-6-11-48(72-3)12-7-46)47-8-13-51(14-9-47)76-53-21-29-58(30-22-53)79(67,68)57-27-19-50(20-28-57)75-41-43-32-34-65-60(36-43)59-35-42(31-33-64-59)40-74-49-15-23-55(24-16-49)78(66)56-25-17-52(18-26-56)77-54-10-5-44-39-62(80(69,70)71)61(73-4)38-45(44)37-54/h5-39H,40-41H2,1-4H3,(H,69,70,71). The maximum atomic E-state index is 13.6. The molecule has 0 aliphatic carbocycles. The largest absolute Gasteiger partial charge is 0.497 e. The summed E-state index contributed by atoms with van der Waals surface area (Å²) in [4.78, 5) is 10.2. The number of ether oxygens (including phenoxy) is 6. The van der Waals surface area contributed by atoms with E-state index >= 15 is 0 Å². The van der Waals surface area contributed by atoms with Crippen LogP contribution in [0.2, 0.25) is 0 Å². The highest BCUT2D eigenvalue weighted by Crippen LogP contribution is 2.36. The van der Waals surface area contributed by atoms with Gasteiger partial charge < -0.3 is 28.4 Å². The van der Waals surface area contributed by atoms with Crippen molar-refractivity contribution in [2.75, 3.05) is 14.2 Å². The highest BCUT2D eigenvalue weighted by atomic mass is 32.2. The molecule has 10 rings (SSSR count). The van der Waals surface area contributed by atoms with Gasteiger partial charge in [-0.25, -0.2) is 12.6 Å². The van der Waals surface area contributed by atoms with Crippen LogP contribution in [0.1, 0.15) is 36.1 Å². The van der Waals surface area contributed by atoms with Gasteiger partial charge in [-0.3, -0.25) is 14.5 Å². The molecule has 0 amide bonds. The zero-order valence-electron chi connectivity index (χ0n) is 43.7. The van der Waals surface area contributed by atoms with Crippen LogP contribution in [0.5, 0.6) is 46.0 Å². The average Bonchev–Trinajstić information content (AvgIpc) is 3.52. The van der Waals surface area contributed by atoms with Gasteiger partial charge in [0.1, 0.15) is 64.1 Å². The highest BCUT2D eigenvalue weighted by molar-refractivity contribution is 7.91. The minimum absolute atomic E-state index is 0.00579. The maximum absolute atomic E-state index is 13.6. The van der Waals surface area contributed by atoms with Crippen LogP contribution in [0.3, 0.4) is 0 Å². The SMILES string of the molecule is COc1ccc(C(C)(C)c2ccc(Oc3ccc(S(=O)(=O)c4ccc(OCc5ccnc(-c6cc(COc7ccc(S(=O)c8ccc(Oc9ccc%10cc(S(=O)(=O)O)c(OC)cc%10c9)cc8)cc7)ccn6)c5)cc4)cc3)cc2)cc1. The lowest BCUT2D eigenvalue weighted by atomic mass is 9.78. The van der Waals surface area contributed by atoms with Gasteiger partial charge in [0, 0.05) is 27.6 Å². The molecule has 0 aliphatic rings. The van der Waals surface area contributed by atoms with Crippen LogP contribution >= 0.6 is 0 Å². The van der Waals surface area contributed by atoms with Gasteiger partial charge in [-0.2, -0.15) is 8.42 Å². The first-order chi connectivity index (χ1) is 38.5. The fourth-order valence-corrected chi connectivity index (χ4v) is 11.7. The van der Waals surface area contributed by atoms with E-state index in [4.69, 9.17) is 28.4 Å². The topological polar surface area (TPSA) is 187 Å². The Morgan fingerprint density at radius 2 is 0.887 bits per heavy atom.